The number of cyclic esters (lactones) is 2. The number of hydrogen-bond donors (Lipinski definition) is 4. The minimum Gasteiger partial charge on any atom is -0.507 e. The zero-order valence-electron chi connectivity index (χ0n) is 37.5. The van der Waals surface area contributed by atoms with E-state index in [1.54, 1.807) is 7.11 Å². The van der Waals surface area contributed by atoms with Crippen LogP contribution < -0.4 is 9.47 Å². The Morgan fingerprint density at radius 1 is 0.683 bits per heavy atom. The van der Waals surface area contributed by atoms with E-state index in [1.807, 2.05) is 39.8 Å². The van der Waals surface area contributed by atoms with Crippen LogP contribution >= 0.6 is 0 Å². The fourth-order valence-electron chi connectivity index (χ4n) is 7.57. The number of carbonyl (C=O) groups excluding carboxylic acids is 3. The van der Waals surface area contributed by atoms with Crippen molar-refractivity contribution in [2.24, 2.45) is 0 Å². The van der Waals surface area contributed by atoms with Crippen molar-refractivity contribution < 1.29 is 72.8 Å². The molecule has 0 unspecified atom stereocenters. The summed E-state index contributed by atoms with van der Waals surface area (Å²) in [7, 11) is 3.05. The molecule has 17 nitrogen and oxygen atoms in total. The first kappa shape index (κ1) is 50.4. The molecule has 2 aromatic rings. The third-order valence-electron chi connectivity index (χ3n) is 11.4. The Kier molecular flexibility index (Phi) is 20.2. The van der Waals surface area contributed by atoms with Gasteiger partial charge in [0.05, 0.1) is 47.3 Å². The lowest BCUT2D eigenvalue weighted by atomic mass is 9.94. The first-order chi connectivity index (χ1) is 30.2. The van der Waals surface area contributed by atoms with E-state index in [-0.39, 0.29) is 54.8 Å². The SMILES string of the molecule is COc1c(C)c2c(c(O)c1C/C=C(\C)CCC(=O)O)C(=O)OC2.COc1c(C)c2c(c(O)c1C/C=C(\C)CCC(=O)OCCN1CCOCC1)C(=O)OC2.OCCN1CCOCC1. The number of hydrogen-bond acceptors (Lipinski definition) is 16. The molecule has 348 valence electrons. The van der Waals surface area contributed by atoms with Gasteiger partial charge >= 0.3 is 23.9 Å². The van der Waals surface area contributed by atoms with Crippen molar-refractivity contribution in [1.82, 2.24) is 9.80 Å². The maximum absolute atomic E-state index is 12.0. The summed E-state index contributed by atoms with van der Waals surface area (Å²) < 4.78 is 36.7. The average Bonchev–Trinajstić information content (AvgIpc) is 3.87. The first-order valence-electron chi connectivity index (χ1n) is 21.3. The van der Waals surface area contributed by atoms with Gasteiger partial charge in [0.2, 0.25) is 0 Å². The van der Waals surface area contributed by atoms with Crippen molar-refractivity contribution in [2.45, 2.75) is 79.4 Å². The number of nitrogens with zero attached hydrogens (tertiary/aromatic N) is 2. The van der Waals surface area contributed by atoms with Gasteiger partial charge in [-0.3, -0.25) is 19.4 Å². The quantitative estimate of drug-likeness (QED) is 0.0971. The number of fused-ring (bicyclic) bond motifs is 2. The van der Waals surface area contributed by atoms with E-state index in [9.17, 15) is 29.4 Å². The third-order valence-corrected chi connectivity index (χ3v) is 11.4. The number of carbonyl (C=O) groups is 4. The molecule has 0 spiro atoms. The van der Waals surface area contributed by atoms with Gasteiger partial charge in [0, 0.05) is 74.4 Å². The zero-order valence-corrected chi connectivity index (χ0v) is 37.5. The van der Waals surface area contributed by atoms with Gasteiger partial charge in [0.25, 0.3) is 0 Å². The number of methoxy groups -OCH3 is 2. The smallest absolute Gasteiger partial charge is 0.342 e. The van der Waals surface area contributed by atoms with Gasteiger partial charge in [0.1, 0.15) is 53.9 Å². The van der Waals surface area contributed by atoms with Gasteiger partial charge in [-0.1, -0.05) is 23.3 Å². The summed E-state index contributed by atoms with van der Waals surface area (Å²) in [4.78, 5) is 50.8. The van der Waals surface area contributed by atoms with E-state index >= 15 is 0 Å². The minimum atomic E-state index is -0.853. The van der Waals surface area contributed by atoms with Crippen LogP contribution in [0.3, 0.4) is 0 Å². The molecule has 6 rings (SSSR count). The standard InChI is InChI=1S/C23H31NO7.C17H20O6.C6H13NO2/c1-15(5-7-19(25)30-13-10-24-8-11-29-12-9-24)4-6-17-21(26)20-18(14-31-23(20)27)16(2)22(17)28-3;1-9(5-7-13(18)19)4-6-11-15(20)14-12(8-23-17(14)21)10(2)16(11)22-3;8-4-1-7-2-5-9-6-3-7/h4,26H,5-14H2,1-3H3;4,20H,5-8H2,1-3H3,(H,18,19);8H,1-6H2/b15-4+;9-4+;. The van der Waals surface area contributed by atoms with E-state index in [2.05, 4.69) is 9.80 Å². The van der Waals surface area contributed by atoms with E-state index in [0.29, 0.717) is 72.5 Å². The van der Waals surface area contributed by atoms with Gasteiger partial charge in [-0.15, -0.1) is 0 Å². The normalized spacial score (nSPS) is 16.4. The van der Waals surface area contributed by atoms with Crippen LogP contribution in [0.25, 0.3) is 0 Å². The molecule has 0 atom stereocenters. The van der Waals surface area contributed by atoms with Crippen LogP contribution in [-0.4, -0.2) is 147 Å². The number of benzene rings is 2. The number of aromatic hydroxyl groups is 2. The van der Waals surface area contributed by atoms with Gasteiger partial charge in [-0.25, -0.2) is 9.59 Å². The van der Waals surface area contributed by atoms with Crippen LogP contribution in [0.15, 0.2) is 23.3 Å². The molecule has 63 heavy (non-hydrogen) atoms. The number of β-amino-alcohol motifs (C(OH)–C–C–N with tert-alkyl or cyclic N) is 1. The number of ether oxygens (including phenoxy) is 7. The number of aliphatic hydroxyl groups is 1. The van der Waals surface area contributed by atoms with Crippen molar-refractivity contribution in [3.8, 4) is 23.0 Å². The van der Waals surface area contributed by atoms with Crippen molar-refractivity contribution in [1.29, 1.82) is 0 Å². The minimum absolute atomic E-state index is 0.0565. The largest absolute Gasteiger partial charge is 0.507 e. The summed E-state index contributed by atoms with van der Waals surface area (Å²) in [5.41, 5.74) is 6.27. The molecular weight excluding hydrogens is 821 g/mol. The van der Waals surface area contributed by atoms with Crippen LogP contribution in [0.1, 0.15) is 93.6 Å². The second-order valence-electron chi connectivity index (χ2n) is 15.6. The predicted octanol–water partition coefficient (Wildman–Crippen LogP) is 4.57. The summed E-state index contributed by atoms with van der Waals surface area (Å²) in [6, 6.07) is 0. The molecular formula is C46H64N2O15. The van der Waals surface area contributed by atoms with Crippen LogP contribution in [-0.2, 0) is 59.3 Å². The predicted molar refractivity (Wildman–Crippen MR) is 231 cm³/mol. The summed E-state index contributed by atoms with van der Waals surface area (Å²) >= 11 is 0. The van der Waals surface area contributed by atoms with Crippen molar-refractivity contribution in [3.05, 3.63) is 67.8 Å². The Balaban J connectivity index is 0.000000237. The summed E-state index contributed by atoms with van der Waals surface area (Å²) in [6.07, 6.45) is 5.86. The highest BCUT2D eigenvalue weighted by atomic mass is 16.5. The zero-order chi connectivity index (χ0) is 46.1. The van der Waals surface area contributed by atoms with E-state index in [1.165, 1.54) is 7.11 Å². The highest BCUT2D eigenvalue weighted by Crippen LogP contribution is 2.43. The number of carboxylic acids is 1. The topological polar surface area (TPSA) is 220 Å². The Morgan fingerprint density at radius 3 is 1.52 bits per heavy atom. The molecule has 4 N–H and O–H groups in total. The second-order valence-corrected chi connectivity index (χ2v) is 15.6. The maximum atomic E-state index is 12.0. The van der Waals surface area contributed by atoms with Gasteiger partial charge in [-0.05, 0) is 64.5 Å². The summed E-state index contributed by atoms with van der Waals surface area (Å²) in [5.74, 6) is -1.25. The number of esters is 3. The molecule has 4 heterocycles. The first-order valence-corrected chi connectivity index (χ1v) is 21.3. The molecule has 0 radical (unpaired) electrons. The lowest BCUT2D eigenvalue weighted by molar-refractivity contribution is -0.144. The average molecular weight is 885 g/mol. The fraction of sp³-hybridized carbons (Fsp3) is 0.565. The lowest BCUT2D eigenvalue weighted by Gasteiger charge is -2.26. The lowest BCUT2D eigenvalue weighted by Crippen LogP contribution is -2.38. The molecule has 4 aliphatic heterocycles. The Hall–Kier alpha value is -5.20. The molecule has 4 aliphatic rings. The van der Waals surface area contributed by atoms with Crippen LogP contribution in [0.5, 0.6) is 23.0 Å². The van der Waals surface area contributed by atoms with Crippen molar-refractivity contribution in [2.75, 3.05) is 93.1 Å². The molecule has 2 aromatic carbocycles. The molecule has 0 aromatic heterocycles. The van der Waals surface area contributed by atoms with E-state index < -0.39 is 17.9 Å². The number of aliphatic carboxylic acids is 1. The molecule has 0 saturated carbocycles. The molecule has 0 bridgehead atoms. The van der Waals surface area contributed by atoms with Crippen molar-refractivity contribution in [3.63, 3.8) is 0 Å². The number of rotatable bonds is 17. The Morgan fingerprint density at radius 2 is 1.11 bits per heavy atom. The fourth-order valence-corrected chi connectivity index (χ4v) is 7.57. The number of carboxylic acid groups (broad SMARTS) is 1. The van der Waals surface area contributed by atoms with Crippen LogP contribution in [0.2, 0.25) is 0 Å². The van der Waals surface area contributed by atoms with Crippen LogP contribution in [0, 0.1) is 13.8 Å². The second kappa shape index (κ2) is 25.2. The van der Waals surface area contributed by atoms with Gasteiger partial charge < -0.3 is 53.6 Å². The molecule has 0 aliphatic carbocycles. The summed E-state index contributed by atoms with van der Waals surface area (Å²) in [6.45, 7) is 16.7. The number of morpholine rings is 2. The monoisotopic (exact) mass is 884 g/mol. The highest BCUT2D eigenvalue weighted by molar-refractivity contribution is 5.98. The number of allylic oxidation sites excluding steroid dienone is 4. The summed E-state index contributed by atoms with van der Waals surface area (Å²) in [5, 5.41) is 38.3. The highest BCUT2D eigenvalue weighted by Gasteiger charge is 2.33. The van der Waals surface area contributed by atoms with E-state index in [4.69, 9.17) is 43.4 Å². The van der Waals surface area contributed by atoms with Gasteiger partial charge in [-0.2, -0.15) is 0 Å². The Labute approximate surface area is 369 Å². The van der Waals surface area contributed by atoms with Crippen molar-refractivity contribution >= 4 is 23.9 Å². The van der Waals surface area contributed by atoms with Gasteiger partial charge in [0.15, 0.2) is 0 Å². The number of aliphatic hydroxyl groups excluding tert-OH is 1. The molecule has 2 fully saturated rings. The number of phenols is 2. The molecule has 0 amide bonds. The molecule has 17 heteroatoms. The van der Waals surface area contributed by atoms with Crippen LogP contribution in [0.4, 0.5) is 0 Å². The van der Waals surface area contributed by atoms with E-state index in [0.717, 1.165) is 88.0 Å². The molecule has 2 saturated heterocycles. The third kappa shape index (κ3) is 14.1. The maximum Gasteiger partial charge on any atom is 0.342 e. The number of phenolic OH excluding ortho intramolecular Hbond substituents is 2. The Bertz CT molecular complexity index is 1980.